The fourth-order valence-electron chi connectivity index (χ4n) is 3.00. The van der Waals surface area contributed by atoms with Crippen molar-refractivity contribution >= 4 is 11.6 Å². The Morgan fingerprint density at radius 3 is 2.91 bits per heavy atom. The fourth-order valence-corrected chi connectivity index (χ4v) is 3.00. The molecule has 6 heteroatoms. The van der Waals surface area contributed by atoms with Crippen LogP contribution in [0, 0.1) is 0 Å². The zero-order valence-corrected chi connectivity index (χ0v) is 12.8. The van der Waals surface area contributed by atoms with E-state index in [1.54, 1.807) is 6.07 Å². The van der Waals surface area contributed by atoms with Gasteiger partial charge in [-0.3, -0.25) is 9.48 Å². The summed E-state index contributed by atoms with van der Waals surface area (Å²) >= 11 is 0. The van der Waals surface area contributed by atoms with Gasteiger partial charge in [0.15, 0.2) is 0 Å². The molecular weight excluding hydrogens is 280 g/mol. The Morgan fingerprint density at radius 2 is 2.27 bits per heavy atom. The Hall–Kier alpha value is -2.34. The van der Waals surface area contributed by atoms with Gasteiger partial charge in [-0.1, -0.05) is 0 Å². The zero-order valence-electron chi connectivity index (χ0n) is 12.8. The summed E-state index contributed by atoms with van der Waals surface area (Å²) in [5.41, 5.74) is 10.4. The molecule has 22 heavy (non-hydrogen) atoms. The number of anilines is 1. The molecule has 0 unspecified atom stereocenters. The number of carbonyl (C=O) groups is 1. The van der Waals surface area contributed by atoms with Crippen molar-refractivity contribution in [3.63, 3.8) is 0 Å². The van der Waals surface area contributed by atoms with E-state index in [0.29, 0.717) is 11.3 Å². The molecule has 1 aliphatic rings. The van der Waals surface area contributed by atoms with Gasteiger partial charge in [0.25, 0.3) is 0 Å². The largest absolute Gasteiger partial charge is 0.390 e. The smallest absolute Gasteiger partial charge is 0.249 e. The Kier molecular flexibility index (Phi) is 3.62. The molecule has 0 saturated heterocycles. The van der Waals surface area contributed by atoms with E-state index in [0.717, 1.165) is 35.5 Å². The Labute approximate surface area is 128 Å². The summed E-state index contributed by atoms with van der Waals surface area (Å²) in [6.07, 6.45) is 0.837. The predicted octanol–water partition coefficient (Wildman–Crippen LogP) is 1.69. The van der Waals surface area contributed by atoms with Gasteiger partial charge in [0, 0.05) is 29.4 Å². The summed E-state index contributed by atoms with van der Waals surface area (Å²) in [5.74, 6) is -0.452. The van der Waals surface area contributed by atoms with Crippen LogP contribution in [-0.4, -0.2) is 27.3 Å². The maximum absolute atomic E-state index is 11.9. The van der Waals surface area contributed by atoms with Crippen molar-refractivity contribution in [3.8, 4) is 11.3 Å². The van der Waals surface area contributed by atoms with Crippen LogP contribution in [0.3, 0.4) is 0 Å². The second-order valence-electron chi connectivity index (χ2n) is 5.77. The van der Waals surface area contributed by atoms with Crippen LogP contribution < -0.4 is 11.1 Å². The number of hydrogen-bond donors (Lipinski definition) is 3. The molecule has 1 aliphatic heterocycles. The second-order valence-corrected chi connectivity index (χ2v) is 5.77. The molecule has 2 aromatic rings. The van der Waals surface area contributed by atoms with Crippen molar-refractivity contribution < 1.29 is 9.90 Å². The topological polar surface area (TPSA) is 93.2 Å². The van der Waals surface area contributed by atoms with Crippen molar-refractivity contribution in [1.29, 1.82) is 0 Å². The molecule has 1 amide bonds. The summed E-state index contributed by atoms with van der Waals surface area (Å²) < 4.78 is 1.84. The Balaban J connectivity index is 2.30. The van der Waals surface area contributed by atoms with Gasteiger partial charge in [0.05, 0.1) is 18.0 Å². The van der Waals surface area contributed by atoms with Crippen molar-refractivity contribution in [2.75, 3.05) is 11.9 Å². The van der Waals surface area contributed by atoms with Crippen molar-refractivity contribution in [3.05, 3.63) is 35.0 Å². The minimum atomic E-state index is -0.452. The first kappa shape index (κ1) is 14.6. The third-order valence-corrected chi connectivity index (χ3v) is 3.96. The van der Waals surface area contributed by atoms with Crippen LogP contribution in [0.5, 0.6) is 0 Å². The van der Waals surface area contributed by atoms with Crippen LogP contribution >= 0.6 is 0 Å². The molecule has 0 radical (unpaired) electrons. The molecule has 6 nitrogen and oxygen atoms in total. The lowest BCUT2D eigenvalue weighted by Crippen LogP contribution is -2.15. The SMILES string of the molecule is CC(C)n1nc(CO)cc1-c1c(C(N)=O)ccc2c1CCN2. The fraction of sp³-hybridized carbons (Fsp3) is 0.375. The lowest BCUT2D eigenvalue weighted by Gasteiger charge is -2.16. The highest BCUT2D eigenvalue weighted by molar-refractivity contribution is 6.01. The number of aliphatic hydroxyl groups is 1. The van der Waals surface area contributed by atoms with Crippen molar-refractivity contribution in [1.82, 2.24) is 9.78 Å². The standard InChI is InChI=1S/C16H20N4O2/c1-9(2)20-14(7-10(8-21)19-20)15-11-5-6-18-13(11)4-3-12(15)16(17)22/h3-4,7,9,18,21H,5-6,8H2,1-2H3,(H2,17,22). The maximum Gasteiger partial charge on any atom is 0.249 e. The third kappa shape index (κ3) is 2.25. The maximum atomic E-state index is 11.9. The normalized spacial score (nSPS) is 13.3. The average Bonchev–Trinajstić information content (AvgIpc) is 3.12. The van der Waals surface area contributed by atoms with Crippen LogP contribution in [0.1, 0.15) is 41.5 Å². The summed E-state index contributed by atoms with van der Waals surface area (Å²) in [7, 11) is 0. The first-order valence-electron chi connectivity index (χ1n) is 7.42. The molecule has 0 atom stereocenters. The van der Waals surface area contributed by atoms with Crippen LogP contribution in [-0.2, 0) is 13.0 Å². The van der Waals surface area contributed by atoms with Gasteiger partial charge < -0.3 is 16.2 Å². The summed E-state index contributed by atoms with van der Waals surface area (Å²) in [6, 6.07) is 5.60. The molecule has 0 aliphatic carbocycles. The highest BCUT2D eigenvalue weighted by atomic mass is 16.3. The number of rotatable bonds is 4. The number of carbonyl (C=O) groups excluding carboxylic acids is 1. The molecule has 1 aromatic carbocycles. The molecule has 0 saturated carbocycles. The van der Waals surface area contributed by atoms with E-state index < -0.39 is 5.91 Å². The number of aliphatic hydroxyl groups excluding tert-OH is 1. The molecule has 0 bridgehead atoms. The van der Waals surface area contributed by atoms with E-state index in [9.17, 15) is 9.90 Å². The number of nitrogens with zero attached hydrogens (tertiary/aromatic N) is 2. The quantitative estimate of drug-likeness (QED) is 0.801. The lowest BCUT2D eigenvalue weighted by molar-refractivity contribution is 0.100. The van der Waals surface area contributed by atoms with E-state index in [1.807, 2.05) is 30.7 Å². The molecule has 2 heterocycles. The van der Waals surface area contributed by atoms with Gasteiger partial charge in [0.2, 0.25) is 5.91 Å². The first-order valence-corrected chi connectivity index (χ1v) is 7.42. The number of nitrogens with one attached hydrogen (secondary N) is 1. The average molecular weight is 300 g/mol. The van der Waals surface area contributed by atoms with Gasteiger partial charge in [-0.25, -0.2) is 0 Å². The predicted molar refractivity (Wildman–Crippen MR) is 84.7 cm³/mol. The molecule has 4 N–H and O–H groups in total. The second kappa shape index (κ2) is 5.46. The van der Waals surface area contributed by atoms with Gasteiger partial charge in [-0.05, 0) is 44.0 Å². The van der Waals surface area contributed by atoms with Gasteiger partial charge >= 0.3 is 0 Å². The molecule has 0 fully saturated rings. The number of nitrogens with two attached hydrogens (primary N) is 1. The minimum absolute atomic E-state index is 0.112. The summed E-state index contributed by atoms with van der Waals surface area (Å²) in [5, 5.41) is 17.1. The number of aromatic nitrogens is 2. The molecular formula is C16H20N4O2. The minimum Gasteiger partial charge on any atom is -0.390 e. The van der Waals surface area contributed by atoms with E-state index in [1.165, 1.54) is 0 Å². The summed E-state index contributed by atoms with van der Waals surface area (Å²) in [4.78, 5) is 11.9. The van der Waals surface area contributed by atoms with Crippen molar-refractivity contribution in [2.45, 2.75) is 32.9 Å². The highest BCUT2D eigenvalue weighted by Gasteiger charge is 2.24. The van der Waals surface area contributed by atoms with Crippen molar-refractivity contribution in [2.24, 2.45) is 5.73 Å². The number of amides is 1. The monoisotopic (exact) mass is 300 g/mol. The van der Waals surface area contributed by atoms with E-state index in [-0.39, 0.29) is 12.6 Å². The van der Waals surface area contributed by atoms with Crippen LogP contribution in [0.15, 0.2) is 18.2 Å². The zero-order chi connectivity index (χ0) is 15.9. The number of primary amides is 1. The van der Waals surface area contributed by atoms with Gasteiger partial charge in [-0.15, -0.1) is 0 Å². The van der Waals surface area contributed by atoms with Crippen LogP contribution in [0.25, 0.3) is 11.3 Å². The highest BCUT2D eigenvalue weighted by Crippen LogP contribution is 2.37. The number of fused-ring (bicyclic) bond motifs is 1. The van der Waals surface area contributed by atoms with Gasteiger partial charge in [0.1, 0.15) is 0 Å². The third-order valence-electron chi connectivity index (χ3n) is 3.96. The van der Waals surface area contributed by atoms with Crippen LogP contribution in [0.2, 0.25) is 0 Å². The molecule has 0 spiro atoms. The van der Waals surface area contributed by atoms with E-state index in [4.69, 9.17) is 5.73 Å². The molecule has 3 rings (SSSR count). The van der Waals surface area contributed by atoms with E-state index >= 15 is 0 Å². The Morgan fingerprint density at radius 1 is 1.50 bits per heavy atom. The summed E-state index contributed by atoms with van der Waals surface area (Å²) in [6.45, 7) is 4.74. The molecule has 1 aromatic heterocycles. The van der Waals surface area contributed by atoms with Gasteiger partial charge in [-0.2, -0.15) is 5.10 Å². The number of benzene rings is 1. The number of hydrogen-bond acceptors (Lipinski definition) is 4. The lowest BCUT2D eigenvalue weighted by atomic mass is 9.95. The van der Waals surface area contributed by atoms with Crippen LogP contribution in [0.4, 0.5) is 5.69 Å². The molecule has 116 valence electrons. The Bertz CT molecular complexity index is 734. The first-order chi connectivity index (χ1) is 10.5. The van der Waals surface area contributed by atoms with E-state index in [2.05, 4.69) is 10.4 Å².